The highest BCUT2D eigenvalue weighted by molar-refractivity contribution is 7.16. The molecule has 0 aliphatic carbocycles. The quantitative estimate of drug-likeness (QED) is 0.787. The van der Waals surface area contributed by atoms with Crippen molar-refractivity contribution < 1.29 is 4.74 Å². The van der Waals surface area contributed by atoms with Crippen molar-refractivity contribution in [2.24, 2.45) is 0 Å². The number of morpholine rings is 1. The van der Waals surface area contributed by atoms with Crippen LogP contribution >= 0.6 is 11.3 Å². The first kappa shape index (κ1) is 15.3. The van der Waals surface area contributed by atoms with Gasteiger partial charge >= 0.3 is 0 Å². The molecule has 0 spiro atoms. The number of anilines is 2. The monoisotopic (exact) mass is 341 g/mol. The molecule has 1 fully saturated rings. The Kier molecular flexibility index (Phi) is 4.27. The number of aromatic nitrogens is 3. The van der Waals surface area contributed by atoms with Gasteiger partial charge in [0.05, 0.1) is 18.1 Å². The number of fused-ring (bicyclic) bond motifs is 1. The van der Waals surface area contributed by atoms with Crippen molar-refractivity contribution in [3.05, 3.63) is 41.7 Å². The van der Waals surface area contributed by atoms with Crippen LogP contribution in [0.5, 0.6) is 0 Å². The summed E-state index contributed by atoms with van der Waals surface area (Å²) in [6.45, 7) is 5.33. The second kappa shape index (κ2) is 6.70. The molecule has 0 unspecified atom stereocenters. The SMILES string of the molecule is C[C@H]1CN(c2ccc(CNc3ncnc4sccc34)cn2)CCO1. The fourth-order valence-electron chi connectivity index (χ4n) is 2.85. The summed E-state index contributed by atoms with van der Waals surface area (Å²) in [6.07, 6.45) is 3.78. The molecular formula is C17H19N5OS. The number of ether oxygens (including phenoxy) is 1. The zero-order valence-electron chi connectivity index (χ0n) is 13.5. The van der Waals surface area contributed by atoms with Crippen LogP contribution < -0.4 is 10.2 Å². The van der Waals surface area contributed by atoms with Crippen LogP contribution in [0, 0.1) is 0 Å². The van der Waals surface area contributed by atoms with Crippen molar-refractivity contribution >= 4 is 33.2 Å². The van der Waals surface area contributed by atoms with Gasteiger partial charge in [0, 0.05) is 25.8 Å². The third kappa shape index (κ3) is 3.18. The number of hydrogen-bond donors (Lipinski definition) is 1. The molecule has 4 rings (SSSR count). The highest BCUT2D eigenvalue weighted by Gasteiger charge is 2.17. The van der Waals surface area contributed by atoms with Gasteiger partial charge in [-0.1, -0.05) is 6.07 Å². The number of pyridine rings is 1. The summed E-state index contributed by atoms with van der Waals surface area (Å²) >= 11 is 1.62. The van der Waals surface area contributed by atoms with E-state index in [2.05, 4.69) is 44.2 Å². The molecule has 0 saturated carbocycles. The zero-order valence-corrected chi connectivity index (χ0v) is 14.3. The summed E-state index contributed by atoms with van der Waals surface area (Å²) in [5.74, 6) is 1.88. The standard InChI is InChI=1S/C17H19N5OS/c1-12-10-22(5-6-23-12)15-3-2-13(8-18-15)9-19-16-14-4-7-24-17(14)21-11-20-16/h2-4,7-8,11-12H,5-6,9-10H2,1H3,(H,19,20,21)/t12-/m0/s1. The van der Waals surface area contributed by atoms with Crippen molar-refractivity contribution in [3.63, 3.8) is 0 Å². The van der Waals surface area contributed by atoms with E-state index in [1.807, 2.05) is 17.6 Å². The van der Waals surface area contributed by atoms with Crippen molar-refractivity contribution in [1.82, 2.24) is 15.0 Å². The second-order valence-corrected chi connectivity index (χ2v) is 6.76. The molecule has 124 valence electrons. The maximum absolute atomic E-state index is 5.58. The van der Waals surface area contributed by atoms with Gasteiger partial charge < -0.3 is 15.0 Å². The van der Waals surface area contributed by atoms with E-state index < -0.39 is 0 Å². The van der Waals surface area contributed by atoms with Gasteiger partial charge in [-0.05, 0) is 30.0 Å². The van der Waals surface area contributed by atoms with E-state index in [4.69, 9.17) is 4.74 Å². The number of rotatable bonds is 4. The third-order valence-corrected chi connectivity index (χ3v) is 4.92. The molecule has 0 bridgehead atoms. The molecule has 1 saturated heterocycles. The summed E-state index contributed by atoms with van der Waals surface area (Å²) in [7, 11) is 0. The van der Waals surface area contributed by atoms with Crippen molar-refractivity contribution in [1.29, 1.82) is 0 Å². The van der Waals surface area contributed by atoms with E-state index in [0.717, 1.165) is 47.1 Å². The minimum absolute atomic E-state index is 0.257. The Morgan fingerprint density at radius 3 is 3.08 bits per heavy atom. The lowest BCUT2D eigenvalue weighted by molar-refractivity contribution is 0.0529. The van der Waals surface area contributed by atoms with Crippen LogP contribution in [0.4, 0.5) is 11.6 Å². The highest BCUT2D eigenvalue weighted by atomic mass is 32.1. The van der Waals surface area contributed by atoms with Crippen LogP contribution in [0.15, 0.2) is 36.1 Å². The van der Waals surface area contributed by atoms with Crippen LogP contribution in [0.1, 0.15) is 12.5 Å². The first-order valence-electron chi connectivity index (χ1n) is 8.03. The number of hydrogen-bond acceptors (Lipinski definition) is 7. The highest BCUT2D eigenvalue weighted by Crippen LogP contribution is 2.24. The molecule has 0 aromatic carbocycles. The summed E-state index contributed by atoms with van der Waals surface area (Å²) in [6, 6.07) is 6.24. The minimum atomic E-state index is 0.257. The fourth-order valence-corrected chi connectivity index (χ4v) is 3.58. The Morgan fingerprint density at radius 1 is 1.29 bits per heavy atom. The number of nitrogens with zero attached hydrogens (tertiary/aromatic N) is 4. The van der Waals surface area contributed by atoms with E-state index in [1.54, 1.807) is 17.7 Å². The average Bonchev–Trinajstić information content (AvgIpc) is 3.10. The number of nitrogens with one attached hydrogen (secondary N) is 1. The molecule has 0 radical (unpaired) electrons. The Labute approximate surface area is 144 Å². The molecule has 4 heterocycles. The zero-order chi connectivity index (χ0) is 16.4. The molecular weight excluding hydrogens is 322 g/mol. The van der Waals surface area contributed by atoms with Gasteiger partial charge in [0.1, 0.15) is 22.8 Å². The molecule has 0 amide bonds. The molecule has 1 atom stereocenters. The maximum Gasteiger partial charge on any atom is 0.138 e. The van der Waals surface area contributed by atoms with E-state index in [-0.39, 0.29) is 6.10 Å². The van der Waals surface area contributed by atoms with E-state index in [9.17, 15) is 0 Å². The normalized spacial score (nSPS) is 18.0. The third-order valence-electron chi connectivity index (χ3n) is 4.10. The van der Waals surface area contributed by atoms with Crippen molar-refractivity contribution in [2.75, 3.05) is 29.9 Å². The fraction of sp³-hybridized carbons (Fsp3) is 0.353. The first-order chi connectivity index (χ1) is 11.8. The van der Waals surface area contributed by atoms with E-state index >= 15 is 0 Å². The van der Waals surface area contributed by atoms with E-state index in [0.29, 0.717) is 6.54 Å². The lowest BCUT2D eigenvalue weighted by Crippen LogP contribution is -2.41. The average molecular weight is 341 g/mol. The van der Waals surface area contributed by atoms with Gasteiger partial charge in [0.15, 0.2) is 0 Å². The van der Waals surface area contributed by atoms with Gasteiger partial charge in [-0.25, -0.2) is 15.0 Å². The van der Waals surface area contributed by atoms with Crippen molar-refractivity contribution in [2.45, 2.75) is 19.6 Å². The number of thiophene rings is 1. The Balaban J connectivity index is 1.43. The summed E-state index contributed by atoms with van der Waals surface area (Å²) in [5.41, 5.74) is 1.13. The molecule has 6 nitrogen and oxygen atoms in total. The van der Waals surface area contributed by atoms with E-state index in [1.165, 1.54) is 0 Å². The maximum atomic E-state index is 5.58. The van der Waals surface area contributed by atoms with Gasteiger partial charge in [-0.3, -0.25) is 0 Å². The molecule has 1 aliphatic heterocycles. The molecule has 1 aliphatic rings. The van der Waals surface area contributed by atoms with Crippen molar-refractivity contribution in [3.8, 4) is 0 Å². The van der Waals surface area contributed by atoms with Gasteiger partial charge in [-0.15, -0.1) is 11.3 Å². The molecule has 7 heteroatoms. The van der Waals surface area contributed by atoms with Crippen LogP contribution in [-0.4, -0.2) is 40.8 Å². The summed E-state index contributed by atoms with van der Waals surface area (Å²) in [4.78, 5) is 16.5. The topological polar surface area (TPSA) is 63.2 Å². The lowest BCUT2D eigenvalue weighted by Gasteiger charge is -2.32. The lowest BCUT2D eigenvalue weighted by atomic mass is 10.2. The van der Waals surface area contributed by atoms with Gasteiger partial charge in [0.2, 0.25) is 0 Å². The predicted molar refractivity (Wildman–Crippen MR) is 96.6 cm³/mol. The Bertz CT molecular complexity index is 819. The molecule has 3 aromatic heterocycles. The minimum Gasteiger partial charge on any atom is -0.375 e. The second-order valence-electron chi connectivity index (χ2n) is 5.87. The first-order valence-corrected chi connectivity index (χ1v) is 8.91. The summed E-state index contributed by atoms with van der Waals surface area (Å²) in [5, 5.41) is 6.47. The molecule has 24 heavy (non-hydrogen) atoms. The van der Waals surface area contributed by atoms with Crippen LogP contribution in [0.25, 0.3) is 10.2 Å². The molecule has 3 aromatic rings. The largest absolute Gasteiger partial charge is 0.375 e. The Morgan fingerprint density at radius 2 is 2.25 bits per heavy atom. The summed E-state index contributed by atoms with van der Waals surface area (Å²) < 4.78 is 5.58. The van der Waals surface area contributed by atoms with Gasteiger partial charge in [-0.2, -0.15) is 0 Å². The van der Waals surface area contributed by atoms with Crippen LogP contribution in [-0.2, 0) is 11.3 Å². The smallest absolute Gasteiger partial charge is 0.138 e. The van der Waals surface area contributed by atoms with Gasteiger partial charge in [0.25, 0.3) is 0 Å². The predicted octanol–water partition coefficient (Wildman–Crippen LogP) is 2.92. The molecule has 1 N–H and O–H groups in total. The van der Waals surface area contributed by atoms with Crippen LogP contribution in [0.2, 0.25) is 0 Å². The Hall–Kier alpha value is -2.25. The van der Waals surface area contributed by atoms with Crippen LogP contribution in [0.3, 0.4) is 0 Å².